The van der Waals surface area contributed by atoms with Gasteiger partial charge >= 0.3 is 0 Å². The predicted molar refractivity (Wildman–Crippen MR) is 66.7 cm³/mol. The Balaban J connectivity index is 2.85. The molecule has 0 aliphatic heterocycles. The predicted octanol–water partition coefficient (Wildman–Crippen LogP) is 3.48. The molecule has 1 aromatic carbocycles. The first-order valence-electron chi connectivity index (χ1n) is 6.12. The summed E-state index contributed by atoms with van der Waals surface area (Å²) in [7, 11) is 0. The lowest BCUT2D eigenvalue weighted by Gasteiger charge is -2.27. The highest BCUT2D eigenvalue weighted by atomic mass is 16.5. The molecule has 0 fully saturated rings. The Bertz CT molecular complexity index is 305. The quantitative estimate of drug-likeness (QED) is 0.798. The van der Waals surface area contributed by atoms with Crippen LogP contribution in [0.5, 0.6) is 5.75 Å². The van der Waals surface area contributed by atoms with Gasteiger partial charge in [-0.1, -0.05) is 32.4 Å². The van der Waals surface area contributed by atoms with E-state index < -0.39 is 5.60 Å². The smallest absolute Gasteiger partial charge is 0.119 e. The second kappa shape index (κ2) is 5.90. The van der Waals surface area contributed by atoms with Crippen LogP contribution in [-0.2, 0) is 5.60 Å². The van der Waals surface area contributed by atoms with Gasteiger partial charge in [-0.25, -0.2) is 0 Å². The minimum absolute atomic E-state index is 0.673. The van der Waals surface area contributed by atoms with Crippen molar-refractivity contribution in [1.29, 1.82) is 0 Å². The number of aliphatic hydroxyl groups is 1. The molecule has 0 bridgehead atoms. The lowest BCUT2D eigenvalue weighted by Crippen LogP contribution is -2.24. The number of ether oxygens (including phenoxy) is 1. The summed E-state index contributed by atoms with van der Waals surface area (Å²) in [5, 5.41) is 10.5. The zero-order chi connectivity index (χ0) is 12.0. The van der Waals surface area contributed by atoms with Gasteiger partial charge in [0.1, 0.15) is 5.75 Å². The zero-order valence-corrected chi connectivity index (χ0v) is 10.5. The first kappa shape index (κ1) is 13.0. The number of hydrogen-bond acceptors (Lipinski definition) is 2. The summed E-state index contributed by atoms with van der Waals surface area (Å²) in [6.45, 7) is 6.75. The van der Waals surface area contributed by atoms with Gasteiger partial charge in [0.15, 0.2) is 0 Å². The van der Waals surface area contributed by atoms with E-state index in [1.165, 1.54) is 0 Å². The fraction of sp³-hybridized carbons (Fsp3) is 0.571. The van der Waals surface area contributed by atoms with Crippen LogP contribution in [0.3, 0.4) is 0 Å². The lowest BCUT2D eigenvalue weighted by molar-refractivity contribution is 0.0226. The summed E-state index contributed by atoms with van der Waals surface area (Å²) in [6, 6.07) is 7.78. The Kier molecular flexibility index (Phi) is 4.81. The van der Waals surface area contributed by atoms with Crippen LogP contribution < -0.4 is 4.74 Å². The molecule has 0 aliphatic rings. The Morgan fingerprint density at radius 1 is 1.12 bits per heavy atom. The first-order chi connectivity index (χ1) is 7.66. The van der Waals surface area contributed by atoms with E-state index in [9.17, 15) is 5.11 Å². The highest BCUT2D eigenvalue weighted by Gasteiger charge is 2.25. The highest BCUT2D eigenvalue weighted by molar-refractivity contribution is 5.30. The van der Waals surface area contributed by atoms with Crippen molar-refractivity contribution in [2.45, 2.75) is 45.6 Å². The first-order valence-corrected chi connectivity index (χ1v) is 6.12. The monoisotopic (exact) mass is 222 g/mol. The van der Waals surface area contributed by atoms with E-state index in [-0.39, 0.29) is 0 Å². The van der Waals surface area contributed by atoms with E-state index in [2.05, 4.69) is 6.92 Å². The van der Waals surface area contributed by atoms with Gasteiger partial charge < -0.3 is 9.84 Å². The molecule has 0 amide bonds. The Morgan fingerprint density at radius 3 is 2.19 bits per heavy atom. The van der Waals surface area contributed by atoms with Gasteiger partial charge in [0.25, 0.3) is 0 Å². The molecule has 1 unspecified atom stereocenters. The van der Waals surface area contributed by atoms with E-state index in [1.54, 1.807) is 0 Å². The van der Waals surface area contributed by atoms with Crippen LogP contribution in [0.2, 0.25) is 0 Å². The van der Waals surface area contributed by atoms with Crippen molar-refractivity contribution in [2.24, 2.45) is 0 Å². The van der Waals surface area contributed by atoms with Gasteiger partial charge in [-0.15, -0.1) is 0 Å². The van der Waals surface area contributed by atoms with Gasteiger partial charge in [-0.3, -0.25) is 0 Å². The van der Waals surface area contributed by atoms with E-state index in [1.807, 2.05) is 38.1 Å². The van der Waals surface area contributed by atoms with Crippen molar-refractivity contribution in [3.63, 3.8) is 0 Å². The third-order valence-electron chi connectivity index (χ3n) is 2.95. The lowest BCUT2D eigenvalue weighted by atomic mass is 9.87. The third kappa shape index (κ3) is 2.99. The summed E-state index contributed by atoms with van der Waals surface area (Å²) in [5.41, 5.74) is 0.305. The molecule has 0 saturated carbocycles. The molecule has 90 valence electrons. The van der Waals surface area contributed by atoms with Crippen LogP contribution in [0.25, 0.3) is 0 Å². The minimum atomic E-state index is -0.681. The van der Waals surface area contributed by atoms with Crippen LogP contribution >= 0.6 is 0 Å². The van der Waals surface area contributed by atoms with Crippen LogP contribution in [0, 0.1) is 0 Å². The van der Waals surface area contributed by atoms with Crippen molar-refractivity contribution in [1.82, 2.24) is 0 Å². The van der Waals surface area contributed by atoms with Crippen LogP contribution in [0.15, 0.2) is 24.3 Å². The minimum Gasteiger partial charge on any atom is -0.494 e. The van der Waals surface area contributed by atoms with Crippen molar-refractivity contribution in [2.75, 3.05) is 6.61 Å². The zero-order valence-electron chi connectivity index (χ0n) is 10.5. The molecule has 0 radical (unpaired) electrons. The standard InChI is InChI=1S/C14H22O2/c1-4-11-14(15,5-2)12-7-9-13(10-8-12)16-6-3/h7-10,15H,4-6,11H2,1-3H3. The van der Waals surface area contributed by atoms with Crippen molar-refractivity contribution >= 4 is 0 Å². The molecule has 0 aliphatic carbocycles. The maximum Gasteiger partial charge on any atom is 0.119 e. The van der Waals surface area contributed by atoms with E-state index in [0.29, 0.717) is 6.61 Å². The Hall–Kier alpha value is -1.02. The fourth-order valence-corrected chi connectivity index (χ4v) is 1.97. The van der Waals surface area contributed by atoms with Crippen LogP contribution in [-0.4, -0.2) is 11.7 Å². The van der Waals surface area contributed by atoms with E-state index in [4.69, 9.17) is 4.74 Å². The summed E-state index contributed by atoms with van der Waals surface area (Å²) < 4.78 is 5.39. The molecule has 0 spiro atoms. The van der Waals surface area contributed by atoms with E-state index in [0.717, 1.165) is 30.6 Å². The molecular formula is C14H22O2. The molecule has 1 N–H and O–H groups in total. The SMILES string of the molecule is CCCC(O)(CC)c1ccc(OCC)cc1. The fourth-order valence-electron chi connectivity index (χ4n) is 1.97. The molecule has 1 aromatic rings. The maximum absolute atomic E-state index is 10.5. The highest BCUT2D eigenvalue weighted by Crippen LogP contribution is 2.30. The molecular weight excluding hydrogens is 200 g/mol. The average Bonchev–Trinajstić information content (AvgIpc) is 2.30. The van der Waals surface area contributed by atoms with Crippen LogP contribution in [0.4, 0.5) is 0 Å². The average molecular weight is 222 g/mol. The summed E-state index contributed by atoms with van der Waals surface area (Å²) >= 11 is 0. The molecule has 2 heteroatoms. The molecule has 0 heterocycles. The van der Waals surface area contributed by atoms with Gasteiger partial charge in [-0.05, 0) is 37.5 Å². The van der Waals surface area contributed by atoms with Crippen molar-refractivity contribution in [3.8, 4) is 5.75 Å². The second-order valence-electron chi connectivity index (χ2n) is 4.09. The van der Waals surface area contributed by atoms with Gasteiger partial charge in [0, 0.05) is 0 Å². The molecule has 0 saturated heterocycles. The Labute approximate surface area is 98.3 Å². The Morgan fingerprint density at radius 2 is 1.75 bits per heavy atom. The molecule has 2 nitrogen and oxygen atoms in total. The molecule has 0 aromatic heterocycles. The summed E-state index contributed by atoms with van der Waals surface area (Å²) in [5.74, 6) is 0.862. The molecule has 1 atom stereocenters. The summed E-state index contributed by atoms with van der Waals surface area (Å²) in [4.78, 5) is 0. The van der Waals surface area contributed by atoms with Gasteiger partial charge in [0.05, 0.1) is 12.2 Å². The normalized spacial score (nSPS) is 14.5. The number of hydrogen-bond donors (Lipinski definition) is 1. The molecule has 16 heavy (non-hydrogen) atoms. The van der Waals surface area contributed by atoms with Gasteiger partial charge in [0.2, 0.25) is 0 Å². The number of rotatable bonds is 6. The second-order valence-corrected chi connectivity index (χ2v) is 4.09. The molecule has 1 rings (SSSR count). The number of benzene rings is 1. The largest absolute Gasteiger partial charge is 0.494 e. The topological polar surface area (TPSA) is 29.5 Å². The van der Waals surface area contributed by atoms with Crippen molar-refractivity contribution < 1.29 is 9.84 Å². The van der Waals surface area contributed by atoms with Crippen LogP contribution in [0.1, 0.15) is 45.6 Å². The summed E-state index contributed by atoms with van der Waals surface area (Å²) in [6.07, 6.45) is 2.53. The third-order valence-corrected chi connectivity index (χ3v) is 2.95. The van der Waals surface area contributed by atoms with Crippen molar-refractivity contribution in [3.05, 3.63) is 29.8 Å². The maximum atomic E-state index is 10.5. The van der Waals surface area contributed by atoms with E-state index >= 15 is 0 Å². The van der Waals surface area contributed by atoms with Gasteiger partial charge in [-0.2, -0.15) is 0 Å².